The third kappa shape index (κ3) is 3.89. The lowest BCUT2D eigenvalue weighted by Crippen LogP contribution is -2.18. The number of nitrogens with one attached hydrogen (secondary N) is 1. The summed E-state index contributed by atoms with van der Waals surface area (Å²) in [6, 6.07) is 0. The summed E-state index contributed by atoms with van der Waals surface area (Å²) in [7, 11) is 0. The molecule has 0 saturated carbocycles. The Morgan fingerprint density at radius 2 is 1.94 bits per heavy atom. The highest BCUT2D eigenvalue weighted by molar-refractivity contribution is 6.30. The topological polar surface area (TPSA) is 37.8 Å². The predicted octanol–water partition coefficient (Wildman–Crippen LogP) is 3.56. The van der Waals surface area contributed by atoms with Crippen LogP contribution in [0.25, 0.3) is 0 Å². The first-order valence-corrected chi connectivity index (χ1v) is 6.42. The third-order valence-electron chi connectivity index (χ3n) is 2.48. The molecule has 1 N–H and O–H groups in total. The van der Waals surface area contributed by atoms with E-state index < -0.39 is 0 Å². The van der Waals surface area contributed by atoms with Gasteiger partial charge in [0.15, 0.2) is 0 Å². The van der Waals surface area contributed by atoms with Crippen LogP contribution >= 0.6 is 11.6 Å². The SMILES string of the molecule is CC#CCCNc1nc(C(C)(C)C)nc(Cl)c1C. The molecule has 0 aliphatic rings. The van der Waals surface area contributed by atoms with E-state index in [0.29, 0.717) is 5.15 Å². The van der Waals surface area contributed by atoms with Gasteiger partial charge in [-0.1, -0.05) is 32.4 Å². The molecule has 0 aliphatic heterocycles. The zero-order chi connectivity index (χ0) is 13.8. The van der Waals surface area contributed by atoms with Gasteiger partial charge in [0.25, 0.3) is 0 Å². The molecule has 0 atom stereocenters. The Bertz CT molecular complexity index is 478. The Hall–Kier alpha value is -1.27. The number of aromatic nitrogens is 2. The van der Waals surface area contributed by atoms with Crippen LogP contribution in [-0.4, -0.2) is 16.5 Å². The highest BCUT2D eigenvalue weighted by Gasteiger charge is 2.20. The van der Waals surface area contributed by atoms with Gasteiger partial charge in [0.1, 0.15) is 16.8 Å². The fraction of sp³-hybridized carbons (Fsp3) is 0.571. The van der Waals surface area contributed by atoms with Gasteiger partial charge in [-0.05, 0) is 13.8 Å². The number of anilines is 1. The maximum absolute atomic E-state index is 6.15. The van der Waals surface area contributed by atoms with Gasteiger partial charge in [-0.25, -0.2) is 9.97 Å². The van der Waals surface area contributed by atoms with Crippen molar-refractivity contribution in [3.05, 3.63) is 16.5 Å². The van der Waals surface area contributed by atoms with E-state index >= 15 is 0 Å². The summed E-state index contributed by atoms with van der Waals surface area (Å²) >= 11 is 6.15. The standard InChI is InChI=1S/C14H20ClN3/c1-6-7-8-9-16-12-10(2)11(15)17-13(18-12)14(3,4)5/h8-9H2,1-5H3,(H,16,17,18). The number of halogens is 1. The molecule has 1 aromatic rings. The van der Waals surface area contributed by atoms with Gasteiger partial charge < -0.3 is 5.32 Å². The monoisotopic (exact) mass is 265 g/mol. The second-order valence-electron chi connectivity index (χ2n) is 5.17. The van der Waals surface area contributed by atoms with E-state index in [0.717, 1.165) is 30.2 Å². The van der Waals surface area contributed by atoms with Gasteiger partial charge in [0.2, 0.25) is 0 Å². The van der Waals surface area contributed by atoms with Gasteiger partial charge in [0.05, 0.1) is 0 Å². The van der Waals surface area contributed by atoms with E-state index in [9.17, 15) is 0 Å². The second kappa shape index (κ2) is 6.06. The molecule has 1 aromatic heterocycles. The first-order valence-electron chi connectivity index (χ1n) is 6.04. The lowest BCUT2D eigenvalue weighted by Gasteiger charge is -2.19. The minimum absolute atomic E-state index is 0.114. The summed E-state index contributed by atoms with van der Waals surface area (Å²) in [5, 5.41) is 3.78. The molecule has 0 radical (unpaired) electrons. The number of hydrogen-bond donors (Lipinski definition) is 1. The Kier molecular flexibility index (Phi) is 4.98. The van der Waals surface area contributed by atoms with Crippen LogP contribution in [0.5, 0.6) is 0 Å². The quantitative estimate of drug-likeness (QED) is 0.516. The molecule has 0 fully saturated rings. The number of nitrogens with zero attached hydrogens (tertiary/aromatic N) is 2. The molecule has 98 valence electrons. The molecule has 18 heavy (non-hydrogen) atoms. The van der Waals surface area contributed by atoms with Gasteiger partial charge in [0, 0.05) is 23.9 Å². The Labute approximate surface area is 114 Å². The zero-order valence-electron chi connectivity index (χ0n) is 11.7. The Morgan fingerprint density at radius 3 is 2.50 bits per heavy atom. The van der Waals surface area contributed by atoms with Crippen LogP contribution in [0.4, 0.5) is 5.82 Å². The fourth-order valence-electron chi connectivity index (χ4n) is 1.37. The second-order valence-corrected chi connectivity index (χ2v) is 5.52. The van der Waals surface area contributed by atoms with E-state index in [2.05, 4.69) is 47.9 Å². The normalized spacial score (nSPS) is 10.8. The molecule has 1 rings (SSSR count). The predicted molar refractivity (Wildman–Crippen MR) is 77.0 cm³/mol. The van der Waals surface area contributed by atoms with Crippen molar-refractivity contribution in [2.45, 2.75) is 46.5 Å². The largest absolute Gasteiger partial charge is 0.369 e. The highest BCUT2D eigenvalue weighted by Crippen LogP contribution is 2.25. The van der Waals surface area contributed by atoms with Crippen LogP contribution in [0.15, 0.2) is 0 Å². The maximum Gasteiger partial charge on any atom is 0.137 e. The molecule has 0 saturated heterocycles. The van der Waals surface area contributed by atoms with Crippen LogP contribution in [0.1, 0.15) is 45.5 Å². The molecule has 0 unspecified atom stereocenters. The van der Waals surface area contributed by atoms with Crippen molar-refractivity contribution in [1.29, 1.82) is 0 Å². The first-order chi connectivity index (χ1) is 8.36. The first kappa shape index (κ1) is 14.8. The lowest BCUT2D eigenvalue weighted by atomic mass is 9.95. The summed E-state index contributed by atoms with van der Waals surface area (Å²) in [6.07, 6.45) is 0.794. The third-order valence-corrected chi connectivity index (χ3v) is 2.84. The maximum atomic E-state index is 6.15. The van der Waals surface area contributed by atoms with Crippen molar-refractivity contribution in [1.82, 2.24) is 9.97 Å². The summed E-state index contributed by atoms with van der Waals surface area (Å²) in [6.45, 7) is 10.7. The van der Waals surface area contributed by atoms with E-state index in [1.54, 1.807) is 0 Å². The summed E-state index contributed by atoms with van der Waals surface area (Å²) in [4.78, 5) is 8.88. The lowest BCUT2D eigenvalue weighted by molar-refractivity contribution is 0.545. The van der Waals surface area contributed by atoms with Crippen molar-refractivity contribution >= 4 is 17.4 Å². The Balaban J connectivity index is 2.95. The molecule has 3 nitrogen and oxygen atoms in total. The van der Waals surface area contributed by atoms with Crippen molar-refractivity contribution in [3.8, 4) is 11.8 Å². The van der Waals surface area contributed by atoms with E-state index in [1.807, 2.05) is 13.8 Å². The molecule has 0 aromatic carbocycles. The summed E-state index contributed by atoms with van der Waals surface area (Å²) in [5.74, 6) is 7.43. The molecule has 0 bridgehead atoms. The molecule has 0 amide bonds. The van der Waals surface area contributed by atoms with E-state index in [1.165, 1.54) is 0 Å². The van der Waals surface area contributed by atoms with Crippen molar-refractivity contribution < 1.29 is 0 Å². The molecule has 4 heteroatoms. The smallest absolute Gasteiger partial charge is 0.137 e. The molecular weight excluding hydrogens is 246 g/mol. The Morgan fingerprint density at radius 1 is 1.28 bits per heavy atom. The average molecular weight is 266 g/mol. The molecule has 1 heterocycles. The minimum Gasteiger partial charge on any atom is -0.369 e. The van der Waals surface area contributed by atoms with Gasteiger partial charge in [-0.2, -0.15) is 0 Å². The summed E-state index contributed by atoms with van der Waals surface area (Å²) < 4.78 is 0. The average Bonchev–Trinajstić information content (AvgIpc) is 2.28. The van der Waals surface area contributed by atoms with Crippen molar-refractivity contribution in [3.63, 3.8) is 0 Å². The number of hydrogen-bond acceptors (Lipinski definition) is 3. The minimum atomic E-state index is -0.114. The number of rotatable bonds is 3. The molecule has 0 spiro atoms. The van der Waals surface area contributed by atoms with Crippen LogP contribution in [0.2, 0.25) is 5.15 Å². The van der Waals surface area contributed by atoms with Crippen molar-refractivity contribution in [2.75, 3.05) is 11.9 Å². The van der Waals surface area contributed by atoms with Gasteiger partial charge in [-0.15, -0.1) is 11.8 Å². The molecule has 0 aliphatic carbocycles. The van der Waals surface area contributed by atoms with E-state index in [4.69, 9.17) is 11.6 Å². The fourth-order valence-corrected chi connectivity index (χ4v) is 1.53. The zero-order valence-corrected chi connectivity index (χ0v) is 12.4. The van der Waals surface area contributed by atoms with Crippen LogP contribution in [0, 0.1) is 18.8 Å². The van der Waals surface area contributed by atoms with Crippen LogP contribution < -0.4 is 5.32 Å². The van der Waals surface area contributed by atoms with Gasteiger partial charge in [-0.3, -0.25) is 0 Å². The molecular formula is C14H20ClN3. The van der Waals surface area contributed by atoms with Crippen LogP contribution in [-0.2, 0) is 5.41 Å². The van der Waals surface area contributed by atoms with Crippen molar-refractivity contribution in [2.24, 2.45) is 0 Å². The van der Waals surface area contributed by atoms with E-state index in [-0.39, 0.29) is 5.41 Å². The highest BCUT2D eigenvalue weighted by atomic mass is 35.5. The van der Waals surface area contributed by atoms with Gasteiger partial charge >= 0.3 is 0 Å². The summed E-state index contributed by atoms with van der Waals surface area (Å²) in [5.41, 5.74) is 0.769. The van der Waals surface area contributed by atoms with Crippen LogP contribution in [0.3, 0.4) is 0 Å².